The van der Waals surface area contributed by atoms with E-state index in [0.29, 0.717) is 6.54 Å². The van der Waals surface area contributed by atoms with Crippen molar-refractivity contribution in [1.29, 1.82) is 0 Å². The highest BCUT2D eigenvalue weighted by atomic mass is 15.0. The van der Waals surface area contributed by atoms with E-state index < -0.39 is 0 Å². The van der Waals surface area contributed by atoms with Gasteiger partial charge < -0.3 is 10.3 Å². The van der Waals surface area contributed by atoms with E-state index in [4.69, 9.17) is 5.73 Å². The van der Waals surface area contributed by atoms with E-state index in [1.54, 1.807) is 0 Å². The molecule has 1 aliphatic carbocycles. The summed E-state index contributed by atoms with van der Waals surface area (Å²) in [6.45, 7) is 1.70. The van der Waals surface area contributed by atoms with E-state index in [-0.39, 0.29) is 0 Å². The fraction of sp³-hybridized carbons (Fsp3) is 0.750. The van der Waals surface area contributed by atoms with Gasteiger partial charge in [0.05, 0.1) is 12.0 Å². The van der Waals surface area contributed by atoms with Gasteiger partial charge in [0.2, 0.25) is 0 Å². The molecule has 1 aromatic rings. The topological polar surface area (TPSA) is 43.8 Å². The van der Waals surface area contributed by atoms with Crippen molar-refractivity contribution in [3.63, 3.8) is 0 Å². The molecule has 1 heterocycles. The van der Waals surface area contributed by atoms with Crippen LogP contribution in [0.3, 0.4) is 0 Å². The number of nitrogens with zero attached hydrogens (tertiary/aromatic N) is 2. The van der Waals surface area contributed by atoms with Crippen molar-refractivity contribution in [2.24, 2.45) is 11.7 Å². The third-order valence-electron chi connectivity index (χ3n) is 3.51. The van der Waals surface area contributed by atoms with Gasteiger partial charge in [-0.1, -0.05) is 32.1 Å². The zero-order chi connectivity index (χ0) is 10.5. The Labute approximate surface area is 91.7 Å². The van der Waals surface area contributed by atoms with Crippen LogP contribution in [0.2, 0.25) is 0 Å². The molecule has 84 valence electrons. The Kier molecular flexibility index (Phi) is 3.78. The summed E-state index contributed by atoms with van der Waals surface area (Å²) in [5.41, 5.74) is 6.80. The molecule has 1 aromatic heterocycles. The molecule has 1 saturated carbocycles. The molecule has 3 nitrogen and oxygen atoms in total. The van der Waals surface area contributed by atoms with Gasteiger partial charge in [-0.2, -0.15) is 0 Å². The van der Waals surface area contributed by atoms with Crippen LogP contribution in [0, 0.1) is 5.92 Å². The molecule has 0 atom stereocenters. The Morgan fingerprint density at radius 1 is 1.33 bits per heavy atom. The molecule has 0 amide bonds. The van der Waals surface area contributed by atoms with Crippen molar-refractivity contribution in [2.75, 3.05) is 0 Å². The van der Waals surface area contributed by atoms with Crippen molar-refractivity contribution in [3.05, 3.63) is 18.2 Å². The number of hydrogen-bond acceptors (Lipinski definition) is 2. The van der Waals surface area contributed by atoms with E-state index in [1.165, 1.54) is 38.5 Å². The smallest absolute Gasteiger partial charge is 0.0948 e. The second-order valence-corrected chi connectivity index (χ2v) is 4.58. The SMILES string of the molecule is NCc1cncn1CCC1CCCCC1. The van der Waals surface area contributed by atoms with Gasteiger partial charge in [0.1, 0.15) is 0 Å². The first kappa shape index (κ1) is 10.7. The molecule has 0 bridgehead atoms. The van der Waals surface area contributed by atoms with Gasteiger partial charge in [-0.25, -0.2) is 4.98 Å². The van der Waals surface area contributed by atoms with Gasteiger partial charge in [0, 0.05) is 19.3 Å². The first-order chi connectivity index (χ1) is 7.40. The van der Waals surface area contributed by atoms with Gasteiger partial charge in [0.15, 0.2) is 0 Å². The summed E-state index contributed by atoms with van der Waals surface area (Å²) < 4.78 is 2.20. The van der Waals surface area contributed by atoms with Gasteiger partial charge >= 0.3 is 0 Å². The highest BCUT2D eigenvalue weighted by Gasteiger charge is 2.13. The Hall–Kier alpha value is -0.830. The zero-order valence-electron chi connectivity index (χ0n) is 9.36. The van der Waals surface area contributed by atoms with Crippen LogP contribution in [0.5, 0.6) is 0 Å². The van der Waals surface area contributed by atoms with Crippen LogP contribution in [-0.2, 0) is 13.1 Å². The lowest BCUT2D eigenvalue weighted by molar-refractivity contribution is 0.323. The van der Waals surface area contributed by atoms with Gasteiger partial charge in [0.25, 0.3) is 0 Å². The molecule has 15 heavy (non-hydrogen) atoms. The Bertz CT molecular complexity index is 287. The summed E-state index contributed by atoms with van der Waals surface area (Å²) in [5.74, 6) is 0.937. The number of hydrogen-bond donors (Lipinski definition) is 1. The monoisotopic (exact) mass is 207 g/mol. The second kappa shape index (κ2) is 5.31. The molecule has 0 aromatic carbocycles. The van der Waals surface area contributed by atoms with Crippen molar-refractivity contribution in [1.82, 2.24) is 9.55 Å². The number of aryl methyl sites for hydroxylation is 1. The maximum absolute atomic E-state index is 5.64. The molecule has 0 aliphatic heterocycles. The normalized spacial score (nSPS) is 18.2. The van der Waals surface area contributed by atoms with E-state index in [1.807, 2.05) is 12.5 Å². The molecular weight excluding hydrogens is 186 g/mol. The molecule has 2 N–H and O–H groups in total. The number of aromatic nitrogens is 2. The lowest BCUT2D eigenvalue weighted by Gasteiger charge is -2.21. The van der Waals surface area contributed by atoms with Gasteiger partial charge in [-0.15, -0.1) is 0 Å². The van der Waals surface area contributed by atoms with E-state index >= 15 is 0 Å². The highest BCUT2D eigenvalue weighted by Crippen LogP contribution is 2.26. The minimum absolute atomic E-state index is 0.602. The van der Waals surface area contributed by atoms with Crippen LogP contribution in [0.1, 0.15) is 44.2 Å². The average Bonchev–Trinajstić information content (AvgIpc) is 2.75. The number of rotatable bonds is 4. The van der Waals surface area contributed by atoms with E-state index in [9.17, 15) is 0 Å². The number of nitrogens with two attached hydrogens (primary N) is 1. The molecule has 1 aliphatic rings. The molecule has 0 saturated heterocycles. The van der Waals surface area contributed by atoms with Crippen LogP contribution in [0.25, 0.3) is 0 Å². The molecule has 0 unspecified atom stereocenters. The maximum Gasteiger partial charge on any atom is 0.0948 e. The third kappa shape index (κ3) is 2.81. The minimum atomic E-state index is 0.602. The van der Waals surface area contributed by atoms with Crippen molar-refractivity contribution < 1.29 is 0 Å². The van der Waals surface area contributed by atoms with Crippen LogP contribution in [0.15, 0.2) is 12.5 Å². The quantitative estimate of drug-likeness (QED) is 0.823. The van der Waals surface area contributed by atoms with Gasteiger partial charge in [-0.05, 0) is 12.3 Å². The summed E-state index contributed by atoms with van der Waals surface area (Å²) in [5, 5.41) is 0. The number of imidazole rings is 1. The molecule has 0 spiro atoms. The lowest BCUT2D eigenvalue weighted by Crippen LogP contribution is -2.12. The average molecular weight is 207 g/mol. The molecule has 2 rings (SSSR count). The fourth-order valence-electron chi connectivity index (χ4n) is 2.52. The van der Waals surface area contributed by atoms with Crippen LogP contribution in [0.4, 0.5) is 0 Å². The maximum atomic E-state index is 5.64. The van der Waals surface area contributed by atoms with Crippen molar-refractivity contribution in [2.45, 2.75) is 51.6 Å². The predicted octanol–water partition coefficient (Wildman–Crippen LogP) is 2.31. The van der Waals surface area contributed by atoms with Crippen LogP contribution in [-0.4, -0.2) is 9.55 Å². The highest BCUT2D eigenvalue weighted by molar-refractivity contribution is 4.97. The molecule has 1 fully saturated rings. The second-order valence-electron chi connectivity index (χ2n) is 4.58. The zero-order valence-corrected chi connectivity index (χ0v) is 9.36. The summed E-state index contributed by atoms with van der Waals surface area (Å²) in [6, 6.07) is 0. The van der Waals surface area contributed by atoms with Crippen LogP contribution < -0.4 is 5.73 Å². The van der Waals surface area contributed by atoms with Crippen molar-refractivity contribution >= 4 is 0 Å². The Balaban J connectivity index is 1.81. The van der Waals surface area contributed by atoms with Gasteiger partial charge in [-0.3, -0.25) is 0 Å². The largest absolute Gasteiger partial charge is 0.333 e. The fourth-order valence-corrected chi connectivity index (χ4v) is 2.52. The summed E-state index contributed by atoms with van der Waals surface area (Å²) in [6.07, 6.45) is 12.2. The predicted molar refractivity (Wildman–Crippen MR) is 61.3 cm³/mol. The Morgan fingerprint density at radius 2 is 2.13 bits per heavy atom. The third-order valence-corrected chi connectivity index (χ3v) is 3.51. The standard InChI is InChI=1S/C12H21N3/c13-8-12-9-14-10-15(12)7-6-11-4-2-1-3-5-11/h9-11H,1-8,13H2. The lowest BCUT2D eigenvalue weighted by atomic mass is 9.87. The molecule has 0 radical (unpaired) electrons. The molecule has 3 heteroatoms. The Morgan fingerprint density at radius 3 is 2.87 bits per heavy atom. The summed E-state index contributed by atoms with van der Waals surface area (Å²) >= 11 is 0. The van der Waals surface area contributed by atoms with Crippen molar-refractivity contribution in [3.8, 4) is 0 Å². The summed E-state index contributed by atoms with van der Waals surface area (Å²) in [4.78, 5) is 4.14. The first-order valence-corrected chi connectivity index (χ1v) is 6.09. The summed E-state index contributed by atoms with van der Waals surface area (Å²) in [7, 11) is 0. The minimum Gasteiger partial charge on any atom is -0.333 e. The molecular formula is C12H21N3. The van der Waals surface area contributed by atoms with Crippen LogP contribution >= 0.6 is 0 Å². The first-order valence-electron chi connectivity index (χ1n) is 6.09. The van der Waals surface area contributed by atoms with E-state index in [0.717, 1.165) is 18.2 Å². The van der Waals surface area contributed by atoms with E-state index in [2.05, 4.69) is 9.55 Å².